The molecule has 1 aromatic carbocycles. The second kappa shape index (κ2) is 8.09. The summed E-state index contributed by atoms with van der Waals surface area (Å²) in [6.45, 7) is 5.55. The van der Waals surface area contributed by atoms with Gasteiger partial charge in [0.1, 0.15) is 0 Å². The minimum absolute atomic E-state index is 0.0332. The highest BCUT2D eigenvalue weighted by Crippen LogP contribution is 2.21. The number of nitrogens with zero attached hydrogens (tertiary/aromatic N) is 1. The van der Waals surface area contributed by atoms with Crippen LogP contribution in [0.4, 0.5) is 0 Å². The van der Waals surface area contributed by atoms with Crippen molar-refractivity contribution in [3.8, 4) is 0 Å². The minimum atomic E-state index is -3.39. The molecule has 0 unspecified atom stereocenters. The topological polar surface area (TPSA) is 46.6 Å². The molecule has 22 heavy (non-hydrogen) atoms. The zero-order valence-corrected chi connectivity index (χ0v) is 14.4. The number of sulfonamides is 1. The monoisotopic (exact) mass is 325 g/mol. The van der Waals surface area contributed by atoms with Crippen LogP contribution in [0.1, 0.15) is 44.6 Å². The quantitative estimate of drug-likeness (QED) is 0.722. The SMILES string of the molecule is CCCCCC[C@H]1CN(S(=O)(=O)c2ccc(C)cc2)CCO1. The fourth-order valence-electron chi connectivity index (χ4n) is 2.74. The van der Waals surface area contributed by atoms with Gasteiger partial charge in [-0.3, -0.25) is 0 Å². The Balaban J connectivity index is 1.97. The normalized spacial score (nSPS) is 20.2. The summed E-state index contributed by atoms with van der Waals surface area (Å²) in [5.41, 5.74) is 1.06. The molecule has 0 amide bonds. The Morgan fingerprint density at radius 2 is 1.91 bits per heavy atom. The Morgan fingerprint density at radius 3 is 2.59 bits per heavy atom. The fourth-order valence-corrected chi connectivity index (χ4v) is 4.20. The largest absolute Gasteiger partial charge is 0.375 e. The average molecular weight is 325 g/mol. The van der Waals surface area contributed by atoms with Gasteiger partial charge < -0.3 is 4.74 Å². The highest BCUT2D eigenvalue weighted by molar-refractivity contribution is 7.89. The standard InChI is InChI=1S/C17H27NO3S/c1-3-4-5-6-7-16-14-18(12-13-21-16)22(19,20)17-10-8-15(2)9-11-17/h8-11,16H,3-7,12-14H2,1-2H3/t16-/m0/s1. The van der Waals surface area contributed by atoms with Gasteiger partial charge in [-0.1, -0.05) is 50.3 Å². The van der Waals surface area contributed by atoms with E-state index in [4.69, 9.17) is 4.74 Å². The van der Waals surface area contributed by atoms with E-state index in [-0.39, 0.29) is 6.10 Å². The number of benzene rings is 1. The average Bonchev–Trinajstić information content (AvgIpc) is 2.52. The second-order valence-electron chi connectivity index (χ2n) is 6.02. The fraction of sp³-hybridized carbons (Fsp3) is 0.647. The highest BCUT2D eigenvalue weighted by Gasteiger charge is 2.30. The molecule has 0 aromatic heterocycles. The van der Waals surface area contributed by atoms with Gasteiger partial charge in [-0.05, 0) is 25.5 Å². The second-order valence-corrected chi connectivity index (χ2v) is 7.96. The molecule has 0 aliphatic carbocycles. The predicted molar refractivity (Wildman–Crippen MR) is 88.4 cm³/mol. The first-order valence-corrected chi connectivity index (χ1v) is 9.66. The lowest BCUT2D eigenvalue weighted by atomic mass is 10.1. The molecule has 0 bridgehead atoms. The molecule has 1 atom stereocenters. The number of hydrogen-bond acceptors (Lipinski definition) is 3. The van der Waals surface area contributed by atoms with Crippen LogP contribution in [-0.4, -0.2) is 38.5 Å². The van der Waals surface area contributed by atoms with Crippen LogP contribution in [0, 0.1) is 6.92 Å². The van der Waals surface area contributed by atoms with Crippen LogP contribution in [-0.2, 0) is 14.8 Å². The van der Waals surface area contributed by atoms with E-state index in [1.165, 1.54) is 19.3 Å². The van der Waals surface area contributed by atoms with Gasteiger partial charge in [-0.2, -0.15) is 4.31 Å². The Bertz CT molecular complexity index is 554. The maximum Gasteiger partial charge on any atom is 0.243 e. The Hall–Kier alpha value is -0.910. The van der Waals surface area contributed by atoms with Gasteiger partial charge in [0.05, 0.1) is 17.6 Å². The molecule has 1 heterocycles. The first-order valence-electron chi connectivity index (χ1n) is 8.22. The van der Waals surface area contributed by atoms with Crippen LogP contribution in [0.3, 0.4) is 0 Å². The van der Waals surface area contributed by atoms with Crippen molar-refractivity contribution in [1.29, 1.82) is 0 Å². The zero-order chi connectivity index (χ0) is 16.0. The van der Waals surface area contributed by atoms with Gasteiger partial charge in [0, 0.05) is 13.1 Å². The summed E-state index contributed by atoms with van der Waals surface area (Å²) in [4.78, 5) is 0.379. The van der Waals surface area contributed by atoms with Crippen LogP contribution in [0.15, 0.2) is 29.2 Å². The van der Waals surface area contributed by atoms with Crippen molar-refractivity contribution in [3.05, 3.63) is 29.8 Å². The summed E-state index contributed by atoms with van der Waals surface area (Å²) < 4.78 is 32.7. The zero-order valence-electron chi connectivity index (χ0n) is 13.6. The van der Waals surface area contributed by atoms with E-state index in [0.29, 0.717) is 24.6 Å². The van der Waals surface area contributed by atoms with Crippen molar-refractivity contribution in [2.24, 2.45) is 0 Å². The molecule has 0 saturated carbocycles. The molecule has 1 aliphatic heterocycles. The maximum absolute atomic E-state index is 12.7. The van der Waals surface area contributed by atoms with Crippen LogP contribution >= 0.6 is 0 Å². The van der Waals surface area contributed by atoms with Crippen LogP contribution in [0.5, 0.6) is 0 Å². The van der Waals surface area contributed by atoms with Crippen LogP contribution in [0.25, 0.3) is 0 Å². The Kier molecular flexibility index (Phi) is 6.41. The van der Waals surface area contributed by atoms with Crippen molar-refractivity contribution < 1.29 is 13.2 Å². The predicted octanol–water partition coefficient (Wildman–Crippen LogP) is 3.35. The van der Waals surface area contributed by atoms with Crippen molar-refractivity contribution in [2.75, 3.05) is 19.7 Å². The van der Waals surface area contributed by atoms with E-state index in [1.54, 1.807) is 16.4 Å². The van der Waals surface area contributed by atoms with Gasteiger partial charge >= 0.3 is 0 Å². The van der Waals surface area contributed by atoms with E-state index >= 15 is 0 Å². The van der Waals surface area contributed by atoms with Crippen molar-refractivity contribution in [3.63, 3.8) is 0 Å². The van der Waals surface area contributed by atoms with Crippen molar-refractivity contribution in [2.45, 2.75) is 57.0 Å². The molecule has 2 rings (SSSR count). The number of unbranched alkanes of at least 4 members (excludes halogenated alkanes) is 3. The van der Waals surface area contributed by atoms with E-state index < -0.39 is 10.0 Å². The Morgan fingerprint density at radius 1 is 1.18 bits per heavy atom. The lowest BCUT2D eigenvalue weighted by molar-refractivity contribution is -0.00676. The molecule has 1 fully saturated rings. The van der Waals surface area contributed by atoms with Gasteiger partial charge in [-0.25, -0.2) is 8.42 Å². The third-order valence-corrected chi connectivity index (χ3v) is 6.02. The summed E-state index contributed by atoms with van der Waals surface area (Å²) in [6.07, 6.45) is 5.72. The molecule has 0 N–H and O–H groups in total. The van der Waals surface area contributed by atoms with E-state index in [1.807, 2.05) is 19.1 Å². The molecule has 1 aromatic rings. The lowest BCUT2D eigenvalue weighted by Crippen LogP contribution is -2.45. The van der Waals surface area contributed by atoms with Gasteiger partial charge in [0.25, 0.3) is 0 Å². The van der Waals surface area contributed by atoms with Gasteiger partial charge in [-0.15, -0.1) is 0 Å². The first-order chi connectivity index (χ1) is 10.5. The summed E-state index contributed by atoms with van der Waals surface area (Å²) >= 11 is 0. The molecular formula is C17H27NO3S. The smallest absolute Gasteiger partial charge is 0.243 e. The van der Waals surface area contributed by atoms with E-state index in [0.717, 1.165) is 18.4 Å². The molecular weight excluding hydrogens is 298 g/mol. The summed E-state index contributed by atoms with van der Waals surface area (Å²) in [6, 6.07) is 7.07. The van der Waals surface area contributed by atoms with Crippen LogP contribution in [0.2, 0.25) is 0 Å². The van der Waals surface area contributed by atoms with Gasteiger partial charge in [0.2, 0.25) is 10.0 Å². The molecule has 0 radical (unpaired) electrons. The molecule has 1 saturated heterocycles. The minimum Gasteiger partial charge on any atom is -0.375 e. The Labute approximate surface area is 134 Å². The highest BCUT2D eigenvalue weighted by atomic mass is 32.2. The number of hydrogen-bond donors (Lipinski definition) is 0. The number of aryl methyl sites for hydroxylation is 1. The summed E-state index contributed by atoms with van der Waals surface area (Å²) in [7, 11) is -3.39. The van der Waals surface area contributed by atoms with Crippen molar-refractivity contribution in [1.82, 2.24) is 4.31 Å². The number of ether oxygens (including phenoxy) is 1. The number of rotatable bonds is 7. The first kappa shape index (κ1) is 17.4. The maximum atomic E-state index is 12.7. The van der Waals surface area contributed by atoms with E-state index in [9.17, 15) is 8.42 Å². The lowest BCUT2D eigenvalue weighted by Gasteiger charge is -2.32. The number of morpholine rings is 1. The van der Waals surface area contributed by atoms with Crippen LogP contribution < -0.4 is 0 Å². The van der Waals surface area contributed by atoms with Gasteiger partial charge in [0.15, 0.2) is 0 Å². The molecule has 5 heteroatoms. The third kappa shape index (κ3) is 4.54. The molecule has 124 valence electrons. The summed E-state index contributed by atoms with van der Waals surface area (Å²) in [5.74, 6) is 0. The van der Waals surface area contributed by atoms with Crippen molar-refractivity contribution >= 4 is 10.0 Å². The molecule has 1 aliphatic rings. The summed E-state index contributed by atoms with van der Waals surface area (Å²) in [5, 5.41) is 0. The molecule has 4 nitrogen and oxygen atoms in total. The third-order valence-electron chi connectivity index (χ3n) is 4.14. The molecule has 0 spiro atoms. The van der Waals surface area contributed by atoms with E-state index in [2.05, 4.69) is 6.92 Å².